The van der Waals surface area contributed by atoms with Gasteiger partial charge < -0.3 is 10.2 Å². The number of aryl methyl sites for hydroxylation is 2. The van der Waals surface area contributed by atoms with Crippen LogP contribution >= 0.6 is 23.2 Å². The summed E-state index contributed by atoms with van der Waals surface area (Å²) in [6, 6.07) is 13.2. The number of rotatable bonds is 9. The largest absolute Gasteiger partial charge is 0.352 e. The molecular weight excluding hydrogens is 455 g/mol. The van der Waals surface area contributed by atoms with Gasteiger partial charge in [0.2, 0.25) is 11.8 Å². The summed E-state index contributed by atoms with van der Waals surface area (Å²) >= 11 is 12.8. The quantitative estimate of drug-likeness (QED) is 0.446. The van der Waals surface area contributed by atoms with E-state index in [1.165, 1.54) is 12.0 Å². The summed E-state index contributed by atoms with van der Waals surface area (Å²) in [5.41, 5.74) is 3.04. The number of nitrogens with one attached hydrogen (secondary N) is 1. The Hall–Kier alpha value is -2.04. The predicted octanol–water partition coefficient (Wildman–Crippen LogP) is 6.35. The molecule has 1 saturated carbocycles. The molecule has 3 rings (SSSR count). The van der Waals surface area contributed by atoms with Crippen LogP contribution in [-0.4, -0.2) is 28.8 Å². The first-order chi connectivity index (χ1) is 15.9. The maximum Gasteiger partial charge on any atom is 0.242 e. The highest BCUT2D eigenvalue weighted by molar-refractivity contribution is 6.36. The SMILES string of the molecule is CCc1ccc(CCC(=O)N(Cc2c(Cl)cccc2Cl)C(C)C(=O)NC2CCCCC2)cc1. The Kier molecular flexibility index (Phi) is 9.64. The molecule has 178 valence electrons. The van der Waals surface area contributed by atoms with Gasteiger partial charge in [-0.1, -0.05) is 79.7 Å². The normalized spacial score (nSPS) is 15.2. The second-order valence-corrected chi connectivity index (χ2v) is 9.73. The van der Waals surface area contributed by atoms with Gasteiger partial charge in [-0.05, 0) is 55.9 Å². The Balaban J connectivity index is 1.74. The Morgan fingerprint density at radius 3 is 2.21 bits per heavy atom. The molecule has 2 aromatic rings. The van der Waals surface area contributed by atoms with E-state index in [2.05, 4.69) is 36.5 Å². The monoisotopic (exact) mass is 488 g/mol. The maximum atomic E-state index is 13.4. The van der Waals surface area contributed by atoms with Crippen molar-refractivity contribution in [1.29, 1.82) is 0 Å². The van der Waals surface area contributed by atoms with E-state index in [9.17, 15) is 9.59 Å². The number of hydrogen-bond donors (Lipinski definition) is 1. The number of carbonyl (C=O) groups excluding carboxylic acids is 2. The second kappa shape index (κ2) is 12.4. The molecular formula is C27H34Cl2N2O2. The third-order valence-electron chi connectivity index (χ3n) is 6.57. The first-order valence-electron chi connectivity index (χ1n) is 12.0. The molecule has 1 fully saturated rings. The maximum absolute atomic E-state index is 13.4. The number of amides is 2. The van der Waals surface area contributed by atoms with Crippen molar-refractivity contribution in [2.45, 2.75) is 83.8 Å². The highest BCUT2D eigenvalue weighted by Crippen LogP contribution is 2.27. The summed E-state index contributed by atoms with van der Waals surface area (Å²) in [4.78, 5) is 28.1. The number of halogens is 2. The van der Waals surface area contributed by atoms with E-state index in [4.69, 9.17) is 23.2 Å². The van der Waals surface area contributed by atoms with Crippen LogP contribution in [0, 0.1) is 0 Å². The molecule has 4 nitrogen and oxygen atoms in total. The molecule has 1 unspecified atom stereocenters. The lowest BCUT2D eigenvalue weighted by molar-refractivity contribution is -0.141. The van der Waals surface area contributed by atoms with Gasteiger partial charge in [0.25, 0.3) is 0 Å². The molecule has 1 N–H and O–H groups in total. The molecule has 1 atom stereocenters. The molecule has 2 aromatic carbocycles. The molecule has 0 radical (unpaired) electrons. The number of carbonyl (C=O) groups is 2. The zero-order valence-corrected chi connectivity index (χ0v) is 21.1. The minimum atomic E-state index is -0.616. The molecule has 0 bridgehead atoms. The second-order valence-electron chi connectivity index (χ2n) is 8.91. The highest BCUT2D eigenvalue weighted by Gasteiger charge is 2.29. The summed E-state index contributed by atoms with van der Waals surface area (Å²) in [5, 5.41) is 4.15. The van der Waals surface area contributed by atoms with Crippen LogP contribution in [0.3, 0.4) is 0 Å². The highest BCUT2D eigenvalue weighted by atomic mass is 35.5. The fraction of sp³-hybridized carbons (Fsp3) is 0.481. The Bertz CT molecular complexity index is 919. The van der Waals surface area contributed by atoms with Gasteiger partial charge in [-0.15, -0.1) is 0 Å². The van der Waals surface area contributed by atoms with Crippen LogP contribution in [0.15, 0.2) is 42.5 Å². The summed E-state index contributed by atoms with van der Waals surface area (Å²) in [6.07, 6.45) is 7.40. The van der Waals surface area contributed by atoms with Crippen molar-refractivity contribution >= 4 is 35.0 Å². The molecule has 33 heavy (non-hydrogen) atoms. The first kappa shape index (κ1) is 25.6. The van der Waals surface area contributed by atoms with E-state index in [1.807, 2.05) is 0 Å². The minimum absolute atomic E-state index is 0.0863. The molecule has 0 saturated heterocycles. The Labute approximate surface area is 207 Å². The van der Waals surface area contributed by atoms with E-state index < -0.39 is 6.04 Å². The Morgan fingerprint density at radius 2 is 1.61 bits per heavy atom. The van der Waals surface area contributed by atoms with Crippen molar-refractivity contribution in [1.82, 2.24) is 10.2 Å². The van der Waals surface area contributed by atoms with Crippen molar-refractivity contribution in [3.8, 4) is 0 Å². The molecule has 0 heterocycles. The molecule has 0 spiro atoms. The van der Waals surface area contributed by atoms with Crippen molar-refractivity contribution < 1.29 is 9.59 Å². The fourth-order valence-electron chi connectivity index (χ4n) is 4.34. The smallest absolute Gasteiger partial charge is 0.242 e. The standard InChI is InChI=1S/C27H34Cl2N2O2/c1-3-20-12-14-21(15-13-20)16-17-26(32)31(18-23-24(28)10-7-11-25(23)29)19(2)27(33)30-22-8-5-4-6-9-22/h7,10-15,19,22H,3-6,8-9,16-18H2,1-2H3,(H,30,33). The van der Waals surface area contributed by atoms with Gasteiger partial charge in [-0.25, -0.2) is 0 Å². The average molecular weight is 489 g/mol. The van der Waals surface area contributed by atoms with Crippen molar-refractivity contribution in [3.63, 3.8) is 0 Å². The summed E-state index contributed by atoms with van der Waals surface area (Å²) in [5.74, 6) is -0.206. The van der Waals surface area contributed by atoms with Gasteiger partial charge >= 0.3 is 0 Å². The summed E-state index contributed by atoms with van der Waals surface area (Å²) in [6.45, 7) is 4.11. The lowest BCUT2D eigenvalue weighted by Gasteiger charge is -2.31. The molecule has 6 heteroatoms. The van der Waals surface area contributed by atoms with Gasteiger partial charge in [-0.2, -0.15) is 0 Å². The zero-order chi connectivity index (χ0) is 23.8. The molecule has 0 aliphatic heterocycles. The number of nitrogens with zero attached hydrogens (tertiary/aromatic N) is 1. The van der Waals surface area contributed by atoms with Gasteiger partial charge in [0.15, 0.2) is 0 Å². The van der Waals surface area contributed by atoms with Crippen LogP contribution in [0.25, 0.3) is 0 Å². The van der Waals surface area contributed by atoms with Gasteiger partial charge in [0, 0.05) is 34.6 Å². The lowest BCUT2D eigenvalue weighted by atomic mass is 9.95. The van der Waals surface area contributed by atoms with E-state index in [0.717, 1.165) is 37.7 Å². The number of benzene rings is 2. The van der Waals surface area contributed by atoms with E-state index >= 15 is 0 Å². The minimum Gasteiger partial charge on any atom is -0.352 e. The van der Waals surface area contributed by atoms with Gasteiger partial charge in [0.05, 0.1) is 0 Å². The third-order valence-corrected chi connectivity index (χ3v) is 7.28. The molecule has 1 aliphatic rings. The Morgan fingerprint density at radius 1 is 1.00 bits per heavy atom. The van der Waals surface area contributed by atoms with Crippen molar-refractivity contribution in [2.75, 3.05) is 0 Å². The molecule has 2 amide bonds. The summed E-state index contributed by atoms with van der Waals surface area (Å²) in [7, 11) is 0. The lowest BCUT2D eigenvalue weighted by Crippen LogP contribution is -2.50. The van der Waals surface area contributed by atoms with Crippen molar-refractivity contribution in [3.05, 3.63) is 69.2 Å². The predicted molar refractivity (Wildman–Crippen MR) is 136 cm³/mol. The average Bonchev–Trinajstić information content (AvgIpc) is 2.83. The van der Waals surface area contributed by atoms with Gasteiger partial charge in [-0.3, -0.25) is 9.59 Å². The van der Waals surface area contributed by atoms with E-state index in [1.54, 1.807) is 30.0 Å². The topological polar surface area (TPSA) is 49.4 Å². The van der Waals surface area contributed by atoms with Crippen LogP contribution in [0.1, 0.15) is 69.1 Å². The summed E-state index contributed by atoms with van der Waals surface area (Å²) < 4.78 is 0. The van der Waals surface area contributed by atoms with Crippen LogP contribution in [0.5, 0.6) is 0 Å². The van der Waals surface area contributed by atoms with Crippen LogP contribution in [0.4, 0.5) is 0 Å². The first-order valence-corrected chi connectivity index (χ1v) is 12.7. The van der Waals surface area contributed by atoms with E-state index in [-0.39, 0.29) is 24.4 Å². The number of hydrogen-bond acceptors (Lipinski definition) is 2. The zero-order valence-electron chi connectivity index (χ0n) is 19.6. The fourth-order valence-corrected chi connectivity index (χ4v) is 4.86. The third kappa shape index (κ3) is 7.22. The van der Waals surface area contributed by atoms with Crippen LogP contribution < -0.4 is 5.32 Å². The molecule has 0 aromatic heterocycles. The van der Waals surface area contributed by atoms with Crippen LogP contribution in [0.2, 0.25) is 10.0 Å². The van der Waals surface area contributed by atoms with Gasteiger partial charge in [0.1, 0.15) is 6.04 Å². The van der Waals surface area contributed by atoms with E-state index in [0.29, 0.717) is 28.5 Å². The molecule has 1 aliphatic carbocycles. The van der Waals surface area contributed by atoms with Crippen LogP contribution in [-0.2, 0) is 29.0 Å². The van der Waals surface area contributed by atoms with Crippen molar-refractivity contribution in [2.24, 2.45) is 0 Å².